The largest absolute Gasteiger partial charge is 0.451 e. The monoisotopic (exact) mass is 485 g/mol. The van der Waals surface area contributed by atoms with Gasteiger partial charge in [-0.2, -0.15) is 5.26 Å². The summed E-state index contributed by atoms with van der Waals surface area (Å²) in [5.74, 6) is -0.683. The van der Waals surface area contributed by atoms with Crippen molar-refractivity contribution in [3.63, 3.8) is 0 Å². The van der Waals surface area contributed by atoms with Gasteiger partial charge in [-0.1, -0.05) is 48.0 Å². The Balaban J connectivity index is 2.04. The van der Waals surface area contributed by atoms with Crippen molar-refractivity contribution >= 4 is 33.9 Å². The topological polar surface area (TPSA) is 75.3 Å². The lowest BCUT2D eigenvalue weighted by Crippen LogP contribution is -2.31. The molecule has 6 nitrogen and oxygen atoms in total. The van der Waals surface area contributed by atoms with Crippen molar-refractivity contribution in [2.24, 2.45) is 5.92 Å². The van der Waals surface area contributed by atoms with Gasteiger partial charge >= 0.3 is 5.97 Å². The molecule has 1 amide bonds. The normalized spacial score (nSPS) is 11.4. The van der Waals surface area contributed by atoms with Crippen LogP contribution in [-0.4, -0.2) is 35.0 Å². The smallest absolute Gasteiger partial charge is 0.349 e. The van der Waals surface area contributed by atoms with Crippen LogP contribution in [0.3, 0.4) is 0 Å². The number of hydrogen-bond donors (Lipinski definition) is 0. The molecule has 0 N–H and O–H groups in total. The van der Waals surface area contributed by atoms with Crippen LogP contribution in [0.1, 0.15) is 36.4 Å². The Kier molecular flexibility index (Phi) is 8.64. The molecule has 31 heavy (non-hydrogen) atoms. The fourth-order valence-electron chi connectivity index (χ4n) is 3.20. The number of aromatic nitrogens is 1. The second-order valence-electron chi connectivity index (χ2n) is 7.92. The van der Waals surface area contributed by atoms with E-state index < -0.39 is 12.6 Å². The molecule has 0 bridgehead atoms. The molecule has 2 aromatic rings. The van der Waals surface area contributed by atoms with E-state index in [0.29, 0.717) is 12.5 Å². The number of nitriles is 1. The molecule has 0 aliphatic heterocycles. The highest BCUT2D eigenvalue weighted by atomic mass is 79.9. The molecule has 1 aromatic heterocycles. The van der Waals surface area contributed by atoms with E-state index in [2.05, 4.69) is 34.3 Å². The van der Waals surface area contributed by atoms with Crippen LogP contribution < -0.4 is 0 Å². The van der Waals surface area contributed by atoms with Gasteiger partial charge in [0, 0.05) is 36.0 Å². The van der Waals surface area contributed by atoms with E-state index in [1.165, 1.54) is 11.0 Å². The van der Waals surface area contributed by atoms with Crippen LogP contribution in [0, 0.1) is 31.1 Å². The van der Waals surface area contributed by atoms with Gasteiger partial charge < -0.3 is 14.2 Å². The van der Waals surface area contributed by atoms with Crippen LogP contribution in [0.2, 0.25) is 0 Å². The quantitative estimate of drug-likeness (QED) is 0.310. The van der Waals surface area contributed by atoms with Crippen molar-refractivity contribution in [2.45, 2.75) is 40.8 Å². The minimum absolute atomic E-state index is 0.133. The summed E-state index contributed by atoms with van der Waals surface area (Å²) in [6.45, 7) is 9.04. The molecule has 0 saturated heterocycles. The summed E-state index contributed by atoms with van der Waals surface area (Å²) < 4.78 is 8.18. The third-order valence-corrected chi connectivity index (χ3v) is 5.69. The van der Waals surface area contributed by atoms with Crippen LogP contribution in [0.5, 0.6) is 0 Å². The Morgan fingerprint density at radius 2 is 1.97 bits per heavy atom. The van der Waals surface area contributed by atoms with Crippen molar-refractivity contribution < 1.29 is 14.3 Å². The van der Waals surface area contributed by atoms with E-state index in [-0.39, 0.29) is 11.5 Å². The second kappa shape index (κ2) is 11.0. The van der Waals surface area contributed by atoms with Crippen LogP contribution in [0.25, 0.3) is 6.08 Å². The van der Waals surface area contributed by atoms with Crippen LogP contribution in [0.4, 0.5) is 0 Å². The van der Waals surface area contributed by atoms with E-state index in [1.807, 2.05) is 50.2 Å². The van der Waals surface area contributed by atoms with Gasteiger partial charge in [-0.15, -0.1) is 0 Å². The van der Waals surface area contributed by atoms with E-state index >= 15 is 0 Å². The molecule has 7 heteroatoms. The highest BCUT2D eigenvalue weighted by molar-refractivity contribution is 9.10. The molecule has 0 radical (unpaired) electrons. The SMILES string of the molecule is Cc1cc(/C=C(\C#N)C(=O)OCC(=O)N(C)Cc2ccccc2Br)c(C)n1CC(C)C. The number of benzene rings is 1. The molecule has 0 atom stereocenters. The molecule has 0 unspecified atom stereocenters. The number of aryl methyl sites for hydroxylation is 1. The molecular formula is C24H28BrN3O3. The first-order chi connectivity index (χ1) is 14.6. The number of rotatable bonds is 8. The first kappa shape index (κ1) is 24.4. The van der Waals surface area contributed by atoms with Gasteiger partial charge in [0.1, 0.15) is 11.6 Å². The van der Waals surface area contributed by atoms with E-state index in [1.54, 1.807) is 7.05 Å². The zero-order valence-electron chi connectivity index (χ0n) is 18.6. The third-order valence-electron chi connectivity index (χ3n) is 4.92. The Morgan fingerprint density at radius 1 is 1.29 bits per heavy atom. The predicted molar refractivity (Wildman–Crippen MR) is 124 cm³/mol. The average molecular weight is 486 g/mol. The molecule has 0 fully saturated rings. The Labute approximate surface area is 192 Å². The molecule has 0 spiro atoms. The zero-order chi connectivity index (χ0) is 23.1. The van der Waals surface area contributed by atoms with E-state index in [0.717, 1.165) is 33.5 Å². The number of carbonyl (C=O) groups excluding carboxylic acids is 2. The molecule has 0 aliphatic rings. The van der Waals surface area contributed by atoms with Gasteiger partial charge in [-0.05, 0) is 49.1 Å². The van der Waals surface area contributed by atoms with Crippen molar-refractivity contribution in [1.82, 2.24) is 9.47 Å². The summed E-state index contributed by atoms with van der Waals surface area (Å²) in [6, 6.07) is 11.4. The first-order valence-electron chi connectivity index (χ1n) is 10.1. The first-order valence-corrected chi connectivity index (χ1v) is 10.9. The maximum Gasteiger partial charge on any atom is 0.349 e. The second-order valence-corrected chi connectivity index (χ2v) is 8.77. The molecule has 0 saturated carbocycles. The van der Waals surface area contributed by atoms with Crippen molar-refractivity contribution in [1.29, 1.82) is 5.26 Å². The van der Waals surface area contributed by atoms with Crippen molar-refractivity contribution in [3.8, 4) is 6.07 Å². The van der Waals surface area contributed by atoms with Gasteiger partial charge in [-0.25, -0.2) is 4.79 Å². The minimum atomic E-state index is -0.807. The van der Waals surface area contributed by atoms with Crippen LogP contribution in [0.15, 0.2) is 40.4 Å². The number of likely N-dealkylation sites (N-methyl/N-ethyl adjacent to an activating group) is 1. The molecular weight excluding hydrogens is 458 g/mol. The van der Waals surface area contributed by atoms with Gasteiger partial charge in [0.2, 0.25) is 0 Å². The number of esters is 1. The maximum absolute atomic E-state index is 12.4. The summed E-state index contributed by atoms with van der Waals surface area (Å²) in [4.78, 5) is 26.2. The summed E-state index contributed by atoms with van der Waals surface area (Å²) in [5, 5.41) is 9.44. The molecule has 164 valence electrons. The standard InChI is InChI=1S/C24H28BrN3O3/c1-16(2)13-28-17(3)10-20(18(28)4)11-21(12-26)24(30)31-15-23(29)27(5)14-19-8-6-7-9-22(19)25/h6-11,16H,13-15H2,1-5H3/b21-11+. The number of ether oxygens (including phenoxy) is 1. The average Bonchev–Trinajstić information content (AvgIpc) is 2.98. The van der Waals surface area contributed by atoms with Gasteiger partial charge in [-0.3, -0.25) is 4.79 Å². The zero-order valence-corrected chi connectivity index (χ0v) is 20.2. The maximum atomic E-state index is 12.4. The predicted octanol–water partition coefficient (Wildman–Crippen LogP) is 4.63. The van der Waals surface area contributed by atoms with E-state index in [9.17, 15) is 14.9 Å². The van der Waals surface area contributed by atoms with Crippen LogP contribution >= 0.6 is 15.9 Å². The van der Waals surface area contributed by atoms with Crippen LogP contribution in [-0.2, 0) is 27.4 Å². The number of hydrogen-bond acceptors (Lipinski definition) is 4. The number of amides is 1. The summed E-state index contributed by atoms with van der Waals surface area (Å²) in [6.07, 6.45) is 1.52. The van der Waals surface area contributed by atoms with Gasteiger partial charge in [0.05, 0.1) is 0 Å². The van der Waals surface area contributed by atoms with Crippen molar-refractivity contribution in [2.75, 3.05) is 13.7 Å². The third kappa shape index (κ3) is 6.56. The van der Waals surface area contributed by atoms with E-state index in [4.69, 9.17) is 4.74 Å². The summed E-state index contributed by atoms with van der Waals surface area (Å²) >= 11 is 3.45. The Bertz CT molecular complexity index is 1030. The molecule has 1 heterocycles. The minimum Gasteiger partial charge on any atom is -0.451 e. The molecule has 1 aromatic carbocycles. The summed E-state index contributed by atoms with van der Waals surface area (Å²) in [5.41, 5.74) is 3.65. The highest BCUT2D eigenvalue weighted by Crippen LogP contribution is 2.20. The number of nitrogens with zero attached hydrogens (tertiary/aromatic N) is 3. The lowest BCUT2D eigenvalue weighted by atomic mass is 10.1. The van der Waals surface area contributed by atoms with Gasteiger partial charge in [0.25, 0.3) is 5.91 Å². The fraction of sp³-hybridized carbons (Fsp3) is 0.375. The number of halogens is 1. The van der Waals surface area contributed by atoms with Crippen molar-refractivity contribution in [3.05, 3.63) is 62.9 Å². The molecule has 2 rings (SSSR count). The number of carbonyl (C=O) groups is 2. The highest BCUT2D eigenvalue weighted by Gasteiger charge is 2.18. The lowest BCUT2D eigenvalue weighted by molar-refractivity contribution is -0.148. The molecule has 0 aliphatic carbocycles. The Hall–Kier alpha value is -2.85. The summed E-state index contributed by atoms with van der Waals surface area (Å²) in [7, 11) is 1.64. The Morgan fingerprint density at radius 3 is 2.58 bits per heavy atom. The lowest BCUT2D eigenvalue weighted by Gasteiger charge is -2.18. The fourth-order valence-corrected chi connectivity index (χ4v) is 3.61. The van der Waals surface area contributed by atoms with Gasteiger partial charge in [0.15, 0.2) is 6.61 Å².